The lowest BCUT2D eigenvalue weighted by atomic mass is 10.3. The van der Waals surface area contributed by atoms with E-state index >= 15 is 0 Å². The van der Waals surface area contributed by atoms with Gasteiger partial charge in [-0.1, -0.05) is 6.92 Å². The first-order valence-electron chi connectivity index (χ1n) is 3.77. The molecule has 0 N–H and O–H groups in total. The fraction of sp³-hybridized carbons (Fsp3) is 0.333. The monoisotopic (exact) mass is 149 g/mol. The van der Waals surface area contributed by atoms with Crippen LogP contribution in [0.2, 0.25) is 0 Å². The SMILES string of the molecule is CCCOc1cc[c]c2c1O2. The van der Waals surface area contributed by atoms with E-state index in [0.717, 1.165) is 30.3 Å². The predicted octanol–water partition coefficient (Wildman–Crippen LogP) is 2.38. The first-order chi connectivity index (χ1) is 5.42. The quantitative estimate of drug-likeness (QED) is 0.625. The summed E-state index contributed by atoms with van der Waals surface area (Å²) in [5.74, 6) is 2.54. The van der Waals surface area contributed by atoms with Crippen LogP contribution in [0.15, 0.2) is 12.1 Å². The van der Waals surface area contributed by atoms with Crippen molar-refractivity contribution < 1.29 is 9.47 Å². The molecule has 0 saturated carbocycles. The highest BCUT2D eigenvalue weighted by Crippen LogP contribution is 2.51. The van der Waals surface area contributed by atoms with Crippen molar-refractivity contribution >= 4 is 0 Å². The summed E-state index contributed by atoms with van der Waals surface area (Å²) in [6, 6.07) is 6.63. The molecule has 0 saturated heterocycles. The van der Waals surface area contributed by atoms with Gasteiger partial charge in [0.05, 0.1) is 6.61 Å². The Kier molecular flexibility index (Phi) is 1.46. The highest BCUT2D eigenvalue weighted by molar-refractivity contribution is 5.62. The molecule has 0 bridgehead atoms. The zero-order chi connectivity index (χ0) is 7.68. The van der Waals surface area contributed by atoms with Crippen molar-refractivity contribution in [3.8, 4) is 17.2 Å². The van der Waals surface area contributed by atoms with Crippen molar-refractivity contribution in [3.63, 3.8) is 0 Å². The summed E-state index contributed by atoms with van der Waals surface area (Å²) in [5, 5.41) is 0. The normalized spacial score (nSPS) is 11.7. The van der Waals surface area contributed by atoms with Crippen LogP contribution in [0.1, 0.15) is 13.3 Å². The molecule has 0 aliphatic carbocycles. The Morgan fingerprint density at radius 2 is 2.55 bits per heavy atom. The van der Waals surface area contributed by atoms with Crippen LogP contribution < -0.4 is 9.47 Å². The molecule has 0 atom stereocenters. The Bertz CT molecular complexity index is 268. The van der Waals surface area contributed by atoms with E-state index in [2.05, 4.69) is 13.0 Å². The molecular weight excluding hydrogens is 140 g/mol. The van der Waals surface area contributed by atoms with Crippen LogP contribution in [0.25, 0.3) is 0 Å². The molecule has 1 radical (unpaired) electrons. The molecule has 1 aliphatic rings. The van der Waals surface area contributed by atoms with Crippen molar-refractivity contribution in [2.45, 2.75) is 13.3 Å². The molecule has 1 aromatic carbocycles. The van der Waals surface area contributed by atoms with E-state index in [1.807, 2.05) is 12.1 Å². The summed E-state index contributed by atoms with van der Waals surface area (Å²) >= 11 is 0. The summed E-state index contributed by atoms with van der Waals surface area (Å²) in [6.45, 7) is 2.83. The largest absolute Gasteiger partial charge is 0.490 e. The van der Waals surface area contributed by atoms with Gasteiger partial charge in [-0.15, -0.1) is 0 Å². The van der Waals surface area contributed by atoms with Gasteiger partial charge in [0.1, 0.15) is 0 Å². The van der Waals surface area contributed by atoms with Crippen molar-refractivity contribution in [1.29, 1.82) is 0 Å². The van der Waals surface area contributed by atoms with Crippen molar-refractivity contribution in [2.75, 3.05) is 6.61 Å². The molecule has 0 spiro atoms. The lowest BCUT2D eigenvalue weighted by Gasteiger charge is -1.99. The molecule has 57 valence electrons. The van der Waals surface area contributed by atoms with E-state index in [1.54, 1.807) is 0 Å². The summed E-state index contributed by atoms with van der Waals surface area (Å²) in [6.07, 6.45) is 1.02. The van der Waals surface area contributed by atoms with Crippen LogP contribution in [0.4, 0.5) is 0 Å². The fourth-order valence-corrected chi connectivity index (χ4v) is 0.928. The maximum absolute atomic E-state index is 5.39. The molecule has 1 aromatic rings. The minimum atomic E-state index is 0.750. The van der Waals surface area contributed by atoms with Gasteiger partial charge in [0, 0.05) is 6.07 Å². The smallest absolute Gasteiger partial charge is 0.212 e. The number of benzene rings is 1. The minimum Gasteiger partial charge on any atom is -0.490 e. The van der Waals surface area contributed by atoms with Crippen molar-refractivity contribution in [1.82, 2.24) is 0 Å². The maximum Gasteiger partial charge on any atom is 0.212 e. The molecule has 1 aliphatic heterocycles. The van der Waals surface area contributed by atoms with Gasteiger partial charge in [0.25, 0.3) is 0 Å². The third-order valence-corrected chi connectivity index (χ3v) is 1.50. The molecule has 0 fully saturated rings. The minimum absolute atomic E-state index is 0.750. The average Bonchev–Trinajstić information content (AvgIpc) is 2.79. The third-order valence-electron chi connectivity index (χ3n) is 1.50. The van der Waals surface area contributed by atoms with Gasteiger partial charge in [-0.3, -0.25) is 0 Å². The van der Waals surface area contributed by atoms with Gasteiger partial charge in [-0.05, 0) is 18.6 Å². The molecule has 2 heteroatoms. The van der Waals surface area contributed by atoms with Crippen LogP contribution in [0, 0.1) is 6.07 Å². The highest BCUT2D eigenvalue weighted by atomic mass is 16.6. The molecule has 1 heterocycles. The van der Waals surface area contributed by atoms with Crippen LogP contribution in [0.5, 0.6) is 17.2 Å². The van der Waals surface area contributed by atoms with Gasteiger partial charge < -0.3 is 9.47 Å². The Hall–Kier alpha value is -1.18. The molecule has 2 rings (SSSR count). The summed E-state index contributed by atoms with van der Waals surface area (Å²) in [5.41, 5.74) is 0. The lowest BCUT2D eigenvalue weighted by Crippen LogP contribution is -1.92. The molecule has 11 heavy (non-hydrogen) atoms. The zero-order valence-corrected chi connectivity index (χ0v) is 6.39. The molecule has 0 amide bonds. The van der Waals surface area contributed by atoms with Gasteiger partial charge in [-0.25, -0.2) is 0 Å². The molecule has 0 unspecified atom stereocenters. The van der Waals surface area contributed by atoms with E-state index in [1.165, 1.54) is 0 Å². The summed E-state index contributed by atoms with van der Waals surface area (Å²) in [7, 11) is 0. The van der Waals surface area contributed by atoms with E-state index in [4.69, 9.17) is 9.47 Å². The van der Waals surface area contributed by atoms with Crippen LogP contribution >= 0.6 is 0 Å². The Balaban J connectivity index is 2.09. The van der Waals surface area contributed by atoms with E-state index < -0.39 is 0 Å². The fourth-order valence-electron chi connectivity index (χ4n) is 0.928. The van der Waals surface area contributed by atoms with Crippen molar-refractivity contribution in [2.24, 2.45) is 0 Å². The number of rotatable bonds is 3. The van der Waals surface area contributed by atoms with Crippen molar-refractivity contribution in [3.05, 3.63) is 18.2 Å². The number of hydrogen-bond acceptors (Lipinski definition) is 2. The first-order valence-corrected chi connectivity index (χ1v) is 3.77. The maximum atomic E-state index is 5.39. The number of ether oxygens (including phenoxy) is 2. The van der Waals surface area contributed by atoms with Crippen LogP contribution in [-0.2, 0) is 0 Å². The van der Waals surface area contributed by atoms with Gasteiger partial charge in [-0.2, -0.15) is 0 Å². The Morgan fingerprint density at radius 3 is 3.36 bits per heavy atom. The second-order valence-corrected chi connectivity index (χ2v) is 2.45. The number of fused-ring (bicyclic) bond motifs is 1. The highest BCUT2D eigenvalue weighted by Gasteiger charge is 2.25. The van der Waals surface area contributed by atoms with Crippen LogP contribution in [0.3, 0.4) is 0 Å². The average molecular weight is 149 g/mol. The topological polar surface area (TPSA) is 21.8 Å². The van der Waals surface area contributed by atoms with Gasteiger partial charge in [0.2, 0.25) is 5.75 Å². The molecular formula is C9H9O2. The predicted molar refractivity (Wildman–Crippen MR) is 41.1 cm³/mol. The Labute approximate surface area is 65.7 Å². The molecule has 0 aromatic heterocycles. The van der Waals surface area contributed by atoms with Crippen LogP contribution in [-0.4, -0.2) is 6.61 Å². The lowest BCUT2D eigenvalue weighted by molar-refractivity contribution is 0.314. The molecule has 2 nitrogen and oxygen atoms in total. The third kappa shape index (κ3) is 1.16. The standard InChI is InChI=1S/C9H9O2/c1-2-6-10-7-4-3-5-8-9(7)11-8/h3-4H,2,6H2,1H3. The van der Waals surface area contributed by atoms with E-state index in [0.29, 0.717) is 0 Å². The second kappa shape index (κ2) is 2.46. The van der Waals surface area contributed by atoms with E-state index in [-0.39, 0.29) is 0 Å². The number of hydrogen-bond donors (Lipinski definition) is 0. The van der Waals surface area contributed by atoms with Gasteiger partial charge >= 0.3 is 0 Å². The summed E-state index contributed by atoms with van der Waals surface area (Å²) in [4.78, 5) is 0. The Morgan fingerprint density at radius 1 is 1.64 bits per heavy atom. The van der Waals surface area contributed by atoms with E-state index in [9.17, 15) is 0 Å². The summed E-state index contributed by atoms with van der Waals surface area (Å²) < 4.78 is 10.5. The van der Waals surface area contributed by atoms with Gasteiger partial charge in [0.15, 0.2) is 11.5 Å². The first kappa shape index (κ1) is 6.53. The zero-order valence-electron chi connectivity index (χ0n) is 6.39. The second-order valence-electron chi connectivity index (χ2n) is 2.45.